The van der Waals surface area contributed by atoms with Gasteiger partial charge in [-0.1, -0.05) is 63.3 Å². The van der Waals surface area contributed by atoms with Crippen molar-refractivity contribution in [3.63, 3.8) is 0 Å². The smallest absolute Gasteiger partial charge is 0.312 e. The standard InChI is InChI=1S/C32H44N2O6/c1-6-9-18-39-30(38)26-25-28(36)34(24(21-35)19-22(4)5)27(32(25)16-15-31(26,8-3)40-32)29(37)33(17-7-2)20-23-13-11-10-12-14-23/h6-7,10-14,22,24-27,35H,1-2,8-9,15-21H2,3-5H3/t24-,25+,26-,27?,31+,32?/m1/s1. The summed E-state index contributed by atoms with van der Waals surface area (Å²) in [5, 5.41) is 10.5. The number of ether oxygens (including phenoxy) is 2. The third-order valence-electron chi connectivity index (χ3n) is 8.90. The van der Waals surface area contributed by atoms with E-state index in [1.807, 2.05) is 51.1 Å². The molecule has 0 radical (unpaired) electrons. The average Bonchev–Trinajstić information content (AvgIpc) is 3.55. The van der Waals surface area contributed by atoms with Crippen molar-refractivity contribution >= 4 is 17.8 Å². The predicted octanol–water partition coefficient (Wildman–Crippen LogP) is 3.88. The molecule has 2 unspecified atom stereocenters. The fourth-order valence-electron chi connectivity index (χ4n) is 7.21. The zero-order valence-corrected chi connectivity index (χ0v) is 24.1. The van der Waals surface area contributed by atoms with Crippen LogP contribution in [0.4, 0.5) is 0 Å². The third kappa shape index (κ3) is 5.12. The molecule has 3 heterocycles. The lowest BCUT2D eigenvalue weighted by Crippen LogP contribution is -2.59. The Morgan fingerprint density at radius 2 is 1.95 bits per heavy atom. The molecule has 8 heteroatoms. The third-order valence-corrected chi connectivity index (χ3v) is 8.90. The quantitative estimate of drug-likeness (QED) is 0.214. The molecule has 0 aliphatic carbocycles. The second-order valence-corrected chi connectivity index (χ2v) is 11.8. The van der Waals surface area contributed by atoms with Crippen LogP contribution in [0.25, 0.3) is 0 Å². The molecule has 3 aliphatic rings. The van der Waals surface area contributed by atoms with Crippen molar-refractivity contribution in [1.29, 1.82) is 0 Å². The fourth-order valence-corrected chi connectivity index (χ4v) is 7.21. The Morgan fingerprint density at radius 1 is 1.23 bits per heavy atom. The first-order chi connectivity index (χ1) is 19.2. The van der Waals surface area contributed by atoms with Gasteiger partial charge in [-0.3, -0.25) is 14.4 Å². The largest absolute Gasteiger partial charge is 0.465 e. The number of carbonyl (C=O) groups is 3. The Bertz CT molecular complexity index is 1110. The van der Waals surface area contributed by atoms with E-state index in [9.17, 15) is 19.5 Å². The molecule has 0 aromatic heterocycles. The molecule has 2 amide bonds. The molecular weight excluding hydrogens is 508 g/mol. The number of fused-ring (bicyclic) bond motifs is 1. The number of esters is 1. The maximum atomic E-state index is 14.6. The lowest BCUT2D eigenvalue weighted by atomic mass is 9.65. The number of likely N-dealkylation sites (tertiary alicyclic amines) is 1. The van der Waals surface area contributed by atoms with E-state index in [4.69, 9.17) is 9.47 Å². The van der Waals surface area contributed by atoms with Crippen molar-refractivity contribution in [3.8, 4) is 0 Å². The predicted molar refractivity (Wildman–Crippen MR) is 152 cm³/mol. The molecule has 1 aromatic rings. The van der Waals surface area contributed by atoms with Crippen molar-refractivity contribution in [2.45, 2.75) is 82.7 Å². The fraction of sp³-hybridized carbons (Fsp3) is 0.594. The molecule has 6 atom stereocenters. The maximum Gasteiger partial charge on any atom is 0.312 e. The summed E-state index contributed by atoms with van der Waals surface area (Å²) < 4.78 is 12.5. The SMILES string of the molecule is C=CCCOC(=O)[C@H]1[C@H]2C(=O)N([C@@H](CO)CC(C)C)C(C(=O)N(CC=C)Cc3ccccc3)C23CC[C@]1(CC)O3. The lowest BCUT2D eigenvalue weighted by molar-refractivity contribution is -0.163. The number of carbonyl (C=O) groups excluding carboxylic acids is 3. The molecule has 8 nitrogen and oxygen atoms in total. The monoisotopic (exact) mass is 552 g/mol. The van der Waals surface area contributed by atoms with Crippen LogP contribution in [-0.2, 0) is 30.4 Å². The van der Waals surface area contributed by atoms with Crippen LogP contribution in [0.5, 0.6) is 0 Å². The number of nitrogens with zero attached hydrogens (tertiary/aromatic N) is 2. The first-order valence-electron chi connectivity index (χ1n) is 14.5. The van der Waals surface area contributed by atoms with Crippen molar-refractivity contribution in [1.82, 2.24) is 9.80 Å². The van der Waals surface area contributed by atoms with E-state index >= 15 is 0 Å². The highest BCUT2D eigenvalue weighted by Crippen LogP contribution is 2.65. The Labute approximate surface area is 238 Å². The number of aliphatic hydroxyl groups excluding tert-OH is 1. The maximum absolute atomic E-state index is 14.6. The van der Waals surface area contributed by atoms with Crippen LogP contribution in [0.1, 0.15) is 58.4 Å². The van der Waals surface area contributed by atoms with Gasteiger partial charge in [-0.15, -0.1) is 13.2 Å². The molecule has 1 spiro atoms. The number of aliphatic hydroxyl groups is 1. The van der Waals surface area contributed by atoms with Crippen molar-refractivity contribution in [3.05, 3.63) is 61.2 Å². The Kier molecular flexibility index (Phi) is 9.20. The number of rotatable bonds is 14. The Hall–Kier alpha value is -2.97. The second-order valence-electron chi connectivity index (χ2n) is 11.8. The van der Waals surface area contributed by atoms with Crippen LogP contribution >= 0.6 is 0 Å². The number of benzene rings is 1. The second kappa shape index (κ2) is 12.3. The van der Waals surface area contributed by atoms with E-state index in [0.29, 0.717) is 38.6 Å². The minimum Gasteiger partial charge on any atom is -0.465 e. The summed E-state index contributed by atoms with van der Waals surface area (Å²) in [6, 6.07) is 8.13. The highest BCUT2D eigenvalue weighted by molar-refractivity contribution is 5.98. The van der Waals surface area contributed by atoms with E-state index < -0.39 is 41.1 Å². The summed E-state index contributed by atoms with van der Waals surface area (Å²) in [5.74, 6) is -2.52. The minimum atomic E-state index is -1.17. The van der Waals surface area contributed by atoms with Crippen LogP contribution in [-0.4, -0.2) is 75.7 Å². The van der Waals surface area contributed by atoms with Gasteiger partial charge < -0.3 is 24.4 Å². The van der Waals surface area contributed by atoms with Gasteiger partial charge in [0.05, 0.1) is 30.8 Å². The van der Waals surface area contributed by atoms with E-state index in [1.54, 1.807) is 22.0 Å². The first-order valence-corrected chi connectivity index (χ1v) is 14.5. The van der Waals surface area contributed by atoms with Gasteiger partial charge in [-0.25, -0.2) is 0 Å². The van der Waals surface area contributed by atoms with Gasteiger partial charge in [0.15, 0.2) is 0 Å². The number of hydrogen-bond acceptors (Lipinski definition) is 6. The van der Waals surface area contributed by atoms with Gasteiger partial charge in [0.2, 0.25) is 11.8 Å². The molecule has 2 bridgehead atoms. The molecular formula is C32H44N2O6. The van der Waals surface area contributed by atoms with Crippen LogP contribution in [0.3, 0.4) is 0 Å². The van der Waals surface area contributed by atoms with E-state index in [-0.39, 0.29) is 37.5 Å². The zero-order valence-electron chi connectivity index (χ0n) is 24.1. The highest BCUT2D eigenvalue weighted by Gasteiger charge is 2.79. The van der Waals surface area contributed by atoms with Gasteiger partial charge in [-0.05, 0) is 43.6 Å². The molecule has 1 N–H and O–H groups in total. The topological polar surface area (TPSA) is 96.4 Å². The Balaban J connectivity index is 1.79. The number of hydrogen-bond donors (Lipinski definition) is 1. The summed E-state index contributed by atoms with van der Waals surface area (Å²) in [6.07, 6.45) is 5.94. The highest BCUT2D eigenvalue weighted by atomic mass is 16.6. The molecule has 3 aliphatic heterocycles. The minimum absolute atomic E-state index is 0.172. The Morgan fingerprint density at radius 3 is 2.55 bits per heavy atom. The van der Waals surface area contributed by atoms with Gasteiger partial charge in [0.25, 0.3) is 0 Å². The zero-order chi connectivity index (χ0) is 29.1. The molecule has 218 valence electrons. The summed E-state index contributed by atoms with van der Waals surface area (Å²) in [6.45, 7) is 14.1. The first kappa shape index (κ1) is 30.0. The summed E-state index contributed by atoms with van der Waals surface area (Å²) in [7, 11) is 0. The average molecular weight is 553 g/mol. The van der Waals surface area contributed by atoms with Gasteiger partial charge in [0, 0.05) is 13.1 Å². The van der Waals surface area contributed by atoms with E-state index in [0.717, 1.165) is 5.56 Å². The van der Waals surface area contributed by atoms with Gasteiger partial charge >= 0.3 is 5.97 Å². The van der Waals surface area contributed by atoms with Gasteiger partial charge in [0.1, 0.15) is 17.6 Å². The summed E-state index contributed by atoms with van der Waals surface area (Å²) >= 11 is 0. The van der Waals surface area contributed by atoms with Crippen molar-refractivity contribution in [2.24, 2.45) is 17.8 Å². The van der Waals surface area contributed by atoms with Crippen LogP contribution in [0, 0.1) is 17.8 Å². The molecule has 1 aromatic carbocycles. The van der Waals surface area contributed by atoms with Crippen molar-refractivity contribution in [2.75, 3.05) is 19.8 Å². The molecule has 0 saturated carbocycles. The van der Waals surface area contributed by atoms with E-state index in [2.05, 4.69) is 13.2 Å². The van der Waals surface area contributed by atoms with Crippen LogP contribution in [0.2, 0.25) is 0 Å². The van der Waals surface area contributed by atoms with Crippen LogP contribution < -0.4 is 0 Å². The molecule has 40 heavy (non-hydrogen) atoms. The number of amides is 2. The molecule has 3 fully saturated rings. The van der Waals surface area contributed by atoms with E-state index in [1.165, 1.54) is 0 Å². The van der Waals surface area contributed by atoms with Crippen molar-refractivity contribution < 1.29 is 29.0 Å². The molecule has 4 rings (SSSR count). The summed E-state index contributed by atoms with van der Waals surface area (Å²) in [4.78, 5) is 45.9. The van der Waals surface area contributed by atoms with Crippen LogP contribution in [0.15, 0.2) is 55.6 Å². The summed E-state index contributed by atoms with van der Waals surface area (Å²) in [5.41, 5.74) is -1.09. The normalized spacial score (nSPS) is 29.4. The molecule has 3 saturated heterocycles. The van der Waals surface area contributed by atoms with Gasteiger partial charge in [-0.2, -0.15) is 0 Å². The lowest BCUT2D eigenvalue weighted by Gasteiger charge is -2.40.